The third-order valence-corrected chi connectivity index (χ3v) is 5.43. The maximum absolute atomic E-state index is 15.1. The first-order valence-electron chi connectivity index (χ1n) is 10.3. The maximum Gasteiger partial charge on any atom is 0.144 e. The van der Waals surface area contributed by atoms with Crippen LogP contribution in [0, 0.1) is 28.8 Å². The lowest BCUT2D eigenvalue weighted by Gasteiger charge is -2.10. The Morgan fingerprint density at radius 2 is 1.50 bits per heavy atom. The summed E-state index contributed by atoms with van der Waals surface area (Å²) in [5.41, 5.74) is 2.22. The zero-order chi connectivity index (χ0) is 22.7. The number of aryl methyl sites for hydroxylation is 2. The van der Waals surface area contributed by atoms with E-state index in [-0.39, 0.29) is 18.7 Å². The zero-order valence-corrected chi connectivity index (χ0v) is 17.5. The van der Waals surface area contributed by atoms with Gasteiger partial charge in [-0.1, -0.05) is 36.4 Å². The molecule has 2 nitrogen and oxygen atoms in total. The zero-order valence-electron chi connectivity index (χ0n) is 17.5. The molecule has 0 aromatic heterocycles. The monoisotopic (exact) mass is 431 g/mol. The van der Waals surface area contributed by atoms with Crippen LogP contribution in [0.15, 0.2) is 66.7 Å². The molecular formula is C27H20F3NO. The highest BCUT2D eigenvalue weighted by molar-refractivity contribution is 5.88. The highest BCUT2D eigenvalue weighted by atomic mass is 19.1. The van der Waals surface area contributed by atoms with Crippen molar-refractivity contribution in [2.75, 3.05) is 6.61 Å². The lowest BCUT2D eigenvalue weighted by Crippen LogP contribution is -1.99. The fraction of sp³-hybridized carbons (Fsp3) is 0.148. The van der Waals surface area contributed by atoms with Gasteiger partial charge in [0, 0.05) is 5.39 Å². The van der Waals surface area contributed by atoms with E-state index < -0.39 is 17.2 Å². The van der Waals surface area contributed by atoms with Crippen molar-refractivity contribution in [1.82, 2.24) is 0 Å². The summed E-state index contributed by atoms with van der Waals surface area (Å²) in [6.07, 6.45) is 0.541. The van der Waals surface area contributed by atoms with Crippen LogP contribution in [0.2, 0.25) is 0 Å². The van der Waals surface area contributed by atoms with Gasteiger partial charge in [-0.2, -0.15) is 5.26 Å². The van der Waals surface area contributed by atoms with Crippen molar-refractivity contribution in [1.29, 1.82) is 5.26 Å². The summed E-state index contributed by atoms with van der Waals surface area (Å²) in [5.74, 6) is -1.34. The number of halogens is 3. The van der Waals surface area contributed by atoms with E-state index in [0.717, 1.165) is 34.4 Å². The molecule has 0 saturated heterocycles. The minimum atomic E-state index is -0.900. The largest absolute Gasteiger partial charge is 0.494 e. The molecule has 0 atom stereocenters. The molecule has 0 amide bonds. The van der Waals surface area contributed by atoms with Gasteiger partial charge in [-0.25, -0.2) is 13.2 Å². The standard InChI is InChI=1S/C27H20F3NO/c1-2-32-22-10-7-18(8-11-22)20-9-12-23-21(15-20)6-5-19(27(23)30)4-3-17-13-25(28)24(16-31)26(29)14-17/h5-15H,2-4H2,1H3. The summed E-state index contributed by atoms with van der Waals surface area (Å²) in [6, 6.07) is 20.6. The van der Waals surface area contributed by atoms with Gasteiger partial charge in [0.2, 0.25) is 0 Å². The summed E-state index contributed by atoms with van der Waals surface area (Å²) in [4.78, 5) is 0. The molecule has 0 aliphatic carbocycles. The first-order valence-corrected chi connectivity index (χ1v) is 10.3. The Labute approximate surface area is 184 Å². The van der Waals surface area contributed by atoms with E-state index in [0.29, 0.717) is 23.1 Å². The molecule has 4 aromatic rings. The van der Waals surface area contributed by atoms with Crippen molar-refractivity contribution in [3.05, 3.63) is 101 Å². The quantitative estimate of drug-likeness (QED) is 0.330. The van der Waals surface area contributed by atoms with Gasteiger partial charge in [-0.3, -0.25) is 0 Å². The lowest BCUT2D eigenvalue weighted by atomic mass is 9.97. The van der Waals surface area contributed by atoms with Crippen molar-refractivity contribution in [2.45, 2.75) is 19.8 Å². The van der Waals surface area contributed by atoms with Crippen LogP contribution >= 0.6 is 0 Å². The van der Waals surface area contributed by atoms with Gasteiger partial charge < -0.3 is 4.74 Å². The van der Waals surface area contributed by atoms with Gasteiger partial charge in [0.25, 0.3) is 0 Å². The van der Waals surface area contributed by atoms with Gasteiger partial charge in [-0.05, 0) is 77.7 Å². The van der Waals surface area contributed by atoms with E-state index in [2.05, 4.69) is 0 Å². The van der Waals surface area contributed by atoms with Crippen molar-refractivity contribution < 1.29 is 17.9 Å². The second-order valence-corrected chi connectivity index (χ2v) is 7.48. The van der Waals surface area contributed by atoms with Crippen LogP contribution < -0.4 is 4.74 Å². The van der Waals surface area contributed by atoms with Crippen LogP contribution in [-0.4, -0.2) is 6.61 Å². The average Bonchev–Trinajstić information content (AvgIpc) is 2.79. The number of hydrogen-bond donors (Lipinski definition) is 0. The molecule has 5 heteroatoms. The van der Waals surface area contributed by atoms with Crippen LogP contribution in [0.1, 0.15) is 23.6 Å². The third kappa shape index (κ3) is 4.31. The Balaban J connectivity index is 1.57. The van der Waals surface area contributed by atoms with E-state index in [4.69, 9.17) is 10.00 Å². The second kappa shape index (κ2) is 9.15. The molecule has 0 N–H and O–H groups in total. The van der Waals surface area contributed by atoms with E-state index in [1.165, 1.54) is 6.07 Å². The minimum absolute atomic E-state index is 0.256. The average molecular weight is 431 g/mol. The SMILES string of the molecule is CCOc1ccc(-c2ccc3c(F)c(CCc4cc(F)c(C#N)c(F)c4)ccc3c2)cc1. The minimum Gasteiger partial charge on any atom is -0.494 e. The molecule has 32 heavy (non-hydrogen) atoms. The van der Waals surface area contributed by atoms with E-state index in [1.54, 1.807) is 12.1 Å². The molecule has 0 bridgehead atoms. The van der Waals surface area contributed by atoms with Crippen LogP contribution in [0.5, 0.6) is 5.75 Å². The van der Waals surface area contributed by atoms with Crippen LogP contribution in [-0.2, 0) is 12.8 Å². The molecular weight excluding hydrogens is 411 g/mol. The van der Waals surface area contributed by atoms with E-state index >= 15 is 4.39 Å². The molecule has 4 rings (SSSR count). The fourth-order valence-electron chi connectivity index (χ4n) is 3.78. The smallest absolute Gasteiger partial charge is 0.144 e. The highest BCUT2D eigenvalue weighted by Gasteiger charge is 2.13. The highest BCUT2D eigenvalue weighted by Crippen LogP contribution is 2.29. The topological polar surface area (TPSA) is 33.0 Å². The molecule has 0 spiro atoms. The third-order valence-electron chi connectivity index (χ3n) is 5.43. The van der Waals surface area contributed by atoms with Gasteiger partial charge in [0.05, 0.1) is 6.61 Å². The molecule has 0 heterocycles. The maximum atomic E-state index is 15.1. The predicted octanol–water partition coefficient (Wildman–Crippen LogP) is 6.98. The summed E-state index contributed by atoms with van der Waals surface area (Å²) in [7, 11) is 0. The molecule has 160 valence electrons. The van der Waals surface area contributed by atoms with Crippen molar-refractivity contribution in [3.63, 3.8) is 0 Å². The Bertz CT molecular complexity index is 1300. The van der Waals surface area contributed by atoms with Gasteiger partial charge in [0.15, 0.2) is 0 Å². The van der Waals surface area contributed by atoms with E-state index in [1.807, 2.05) is 49.4 Å². The number of benzene rings is 4. The van der Waals surface area contributed by atoms with Crippen LogP contribution in [0.4, 0.5) is 13.2 Å². The summed E-state index contributed by atoms with van der Waals surface area (Å²) in [5, 5.41) is 10.0. The lowest BCUT2D eigenvalue weighted by molar-refractivity contribution is 0.340. The Kier molecular flexibility index (Phi) is 6.13. The van der Waals surface area contributed by atoms with E-state index in [9.17, 15) is 8.78 Å². The molecule has 0 aliphatic heterocycles. The number of nitrogens with zero attached hydrogens (tertiary/aromatic N) is 1. The Morgan fingerprint density at radius 3 is 2.16 bits per heavy atom. The first-order chi connectivity index (χ1) is 15.5. The molecule has 0 saturated carbocycles. The molecule has 0 unspecified atom stereocenters. The molecule has 0 radical (unpaired) electrons. The molecule has 0 aliphatic rings. The summed E-state index contributed by atoms with van der Waals surface area (Å²) >= 11 is 0. The van der Waals surface area contributed by atoms with Gasteiger partial charge in [-0.15, -0.1) is 0 Å². The summed E-state index contributed by atoms with van der Waals surface area (Å²) < 4.78 is 48.2. The second-order valence-electron chi connectivity index (χ2n) is 7.48. The van der Waals surface area contributed by atoms with Crippen LogP contribution in [0.3, 0.4) is 0 Å². The number of ether oxygens (including phenoxy) is 1. The fourth-order valence-corrected chi connectivity index (χ4v) is 3.78. The number of hydrogen-bond acceptors (Lipinski definition) is 2. The number of fused-ring (bicyclic) bond motifs is 1. The van der Waals surface area contributed by atoms with Crippen LogP contribution in [0.25, 0.3) is 21.9 Å². The summed E-state index contributed by atoms with van der Waals surface area (Å²) in [6.45, 7) is 2.53. The molecule has 0 fully saturated rings. The normalized spacial score (nSPS) is 10.8. The predicted molar refractivity (Wildman–Crippen MR) is 119 cm³/mol. The van der Waals surface area contributed by atoms with Gasteiger partial charge >= 0.3 is 0 Å². The van der Waals surface area contributed by atoms with Gasteiger partial charge in [0.1, 0.15) is 34.8 Å². The Hall–Kier alpha value is -3.78. The molecule has 4 aromatic carbocycles. The first kappa shape index (κ1) is 21.5. The van der Waals surface area contributed by atoms with Crippen molar-refractivity contribution in [2.24, 2.45) is 0 Å². The number of nitriles is 1. The van der Waals surface area contributed by atoms with Crippen molar-refractivity contribution in [3.8, 4) is 22.9 Å². The van der Waals surface area contributed by atoms with Crippen molar-refractivity contribution >= 4 is 10.8 Å². The number of rotatable bonds is 6. The Morgan fingerprint density at radius 1 is 0.812 bits per heavy atom.